The summed E-state index contributed by atoms with van der Waals surface area (Å²) in [6.45, 7) is 4.49. The maximum absolute atomic E-state index is 13.2. The number of nitrogens with zero attached hydrogens (tertiary/aromatic N) is 4. The summed E-state index contributed by atoms with van der Waals surface area (Å²) in [5.41, 5.74) is 4.03. The summed E-state index contributed by atoms with van der Waals surface area (Å²) in [7, 11) is 0. The first-order valence-electron chi connectivity index (χ1n) is 10.6. The Morgan fingerprint density at radius 3 is 2.93 bits per heavy atom. The first-order chi connectivity index (χ1) is 14.1. The van der Waals surface area contributed by atoms with Gasteiger partial charge >= 0.3 is 6.43 Å². The van der Waals surface area contributed by atoms with E-state index in [0.29, 0.717) is 11.9 Å². The molecular formula is C22H24F2N4O. The average molecular weight is 398 g/mol. The van der Waals surface area contributed by atoms with Crippen LogP contribution in [0.2, 0.25) is 0 Å². The van der Waals surface area contributed by atoms with Crippen molar-refractivity contribution in [2.45, 2.75) is 57.5 Å². The van der Waals surface area contributed by atoms with E-state index in [4.69, 9.17) is 4.52 Å². The van der Waals surface area contributed by atoms with E-state index in [2.05, 4.69) is 44.7 Å². The summed E-state index contributed by atoms with van der Waals surface area (Å²) in [6, 6.07) is 8.65. The van der Waals surface area contributed by atoms with E-state index in [0.717, 1.165) is 44.3 Å². The topological polar surface area (TPSA) is 47.1 Å². The lowest BCUT2D eigenvalue weighted by Gasteiger charge is -2.56. The van der Waals surface area contributed by atoms with Crippen LogP contribution in [-0.2, 0) is 6.42 Å². The molecule has 5 nitrogen and oxygen atoms in total. The Balaban J connectivity index is 1.64. The van der Waals surface area contributed by atoms with Gasteiger partial charge in [-0.15, -0.1) is 0 Å². The highest BCUT2D eigenvalue weighted by Gasteiger charge is 2.54. The van der Waals surface area contributed by atoms with E-state index >= 15 is 0 Å². The van der Waals surface area contributed by atoms with Crippen LogP contribution in [0, 0.1) is 5.41 Å². The molecule has 0 spiro atoms. The second-order valence-electron chi connectivity index (χ2n) is 8.77. The van der Waals surface area contributed by atoms with Crippen molar-refractivity contribution in [2.75, 3.05) is 13.1 Å². The van der Waals surface area contributed by atoms with Crippen LogP contribution in [0.5, 0.6) is 0 Å². The van der Waals surface area contributed by atoms with Crippen LogP contribution in [-0.4, -0.2) is 32.7 Å². The van der Waals surface area contributed by atoms with Gasteiger partial charge in [0.1, 0.15) is 6.04 Å². The molecule has 29 heavy (non-hydrogen) atoms. The fourth-order valence-electron chi connectivity index (χ4n) is 6.37. The molecule has 5 heterocycles. The van der Waals surface area contributed by atoms with Crippen molar-refractivity contribution < 1.29 is 13.3 Å². The van der Waals surface area contributed by atoms with Gasteiger partial charge in [-0.1, -0.05) is 30.3 Å². The predicted octanol–water partition coefficient (Wildman–Crippen LogP) is 5.04. The van der Waals surface area contributed by atoms with Gasteiger partial charge in [0.25, 0.3) is 0 Å². The van der Waals surface area contributed by atoms with Crippen molar-refractivity contribution >= 4 is 10.9 Å². The highest BCUT2D eigenvalue weighted by atomic mass is 19.3. The molecule has 7 heteroatoms. The minimum absolute atomic E-state index is 0.113. The van der Waals surface area contributed by atoms with Crippen LogP contribution in [0.1, 0.15) is 74.1 Å². The van der Waals surface area contributed by atoms with E-state index in [-0.39, 0.29) is 11.5 Å². The maximum atomic E-state index is 13.2. The molecule has 3 atom stereocenters. The van der Waals surface area contributed by atoms with Gasteiger partial charge in [0.05, 0.1) is 6.04 Å². The van der Waals surface area contributed by atoms with Crippen molar-refractivity contribution in [2.24, 2.45) is 5.41 Å². The third kappa shape index (κ3) is 2.28. The molecule has 0 saturated carbocycles. The van der Waals surface area contributed by atoms with Gasteiger partial charge in [0.15, 0.2) is 0 Å². The predicted molar refractivity (Wildman–Crippen MR) is 104 cm³/mol. The first kappa shape index (κ1) is 17.6. The SMILES string of the molecule is CC[C@]12CCCN3CCc4c(n(c5ccccc45)C(c4nc(C(F)F)no4)C1)C32. The molecule has 0 amide bonds. The smallest absolute Gasteiger partial charge is 0.300 e. The van der Waals surface area contributed by atoms with E-state index in [1.54, 1.807) is 0 Å². The summed E-state index contributed by atoms with van der Waals surface area (Å²) < 4.78 is 34.1. The van der Waals surface area contributed by atoms with Crippen LogP contribution >= 0.6 is 0 Å². The van der Waals surface area contributed by atoms with Gasteiger partial charge < -0.3 is 9.09 Å². The number of hydrogen-bond donors (Lipinski definition) is 0. The summed E-state index contributed by atoms with van der Waals surface area (Å²) in [4.78, 5) is 6.78. The van der Waals surface area contributed by atoms with Crippen LogP contribution in [0.3, 0.4) is 0 Å². The van der Waals surface area contributed by atoms with E-state index < -0.39 is 12.2 Å². The fraction of sp³-hybridized carbons (Fsp3) is 0.545. The lowest BCUT2D eigenvalue weighted by molar-refractivity contribution is -0.0342. The lowest BCUT2D eigenvalue weighted by atomic mass is 9.63. The lowest BCUT2D eigenvalue weighted by Crippen LogP contribution is -2.53. The minimum Gasteiger partial charge on any atom is -0.337 e. The summed E-state index contributed by atoms with van der Waals surface area (Å²) in [5.74, 6) is -0.193. The van der Waals surface area contributed by atoms with Crippen molar-refractivity contribution in [3.8, 4) is 0 Å². The van der Waals surface area contributed by atoms with E-state index in [9.17, 15) is 8.78 Å². The van der Waals surface area contributed by atoms with Gasteiger partial charge in [-0.3, -0.25) is 4.90 Å². The molecule has 0 bridgehead atoms. The van der Waals surface area contributed by atoms with Crippen molar-refractivity contribution in [3.63, 3.8) is 0 Å². The number of rotatable bonds is 3. The highest BCUT2D eigenvalue weighted by Crippen LogP contribution is 2.60. The Kier molecular flexibility index (Phi) is 3.70. The molecule has 152 valence electrons. The molecule has 0 aliphatic carbocycles. The Morgan fingerprint density at radius 1 is 1.28 bits per heavy atom. The first-order valence-corrected chi connectivity index (χ1v) is 10.6. The number of benzene rings is 1. The highest BCUT2D eigenvalue weighted by molar-refractivity contribution is 5.86. The summed E-state index contributed by atoms with van der Waals surface area (Å²) in [5, 5.41) is 4.85. The summed E-state index contributed by atoms with van der Waals surface area (Å²) in [6.07, 6.45) is 2.54. The largest absolute Gasteiger partial charge is 0.337 e. The van der Waals surface area contributed by atoms with Gasteiger partial charge in [-0.05, 0) is 55.7 Å². The Bertz CT molecular complexity index is 1090. The van der Waals surface area contributed by atoms with Crippen LogP contribution in [0.25, 0.3) is 10.9 Å². The zero-order valence-electron chi connectivity index (χ0n) is 16.4. The number of hydrogen-bond acceptors (Lipinski definition) is 4. The molecule has 3 aromatic rings. The number of fused-ring (bicyclic) bond motifs is 3. The minimum atomic E-state index is -2.72. The van der Waals surface area contributed by atoms with Crippen molar-refractivity contribution in [1.29, 1.82) is 0 Å². The number of aromatic nitrogens is 3. The number of piperidine rings is 1. The molecule has 1 fully saturated rings. The molecular weight excluding hydrogens is 374 g/mol. The second-order valence-corrected chi connectivity index (χ2v) is 8.77. The van der Waals surface area contributed by atoms with Crippen LogP contribution < -0.4 is 0 Å². The molecule has 1 aromatic carbocycles. The molecule has 0 radical (unpaired) electrons. The normalized spacial score (nSPS) is 28.8. The Labute approximate surface area is 167 Å². The molecule has 0 N–H and O–H groups in total. The second kappa shape index (κ2) is 6.11. The van der Waals surface area contributed by atoms with Crippen LogP contribution in [0.15, 0.2) is 28.8 Å². The molecule has 3 aliphatic heterocycles. The van der Waals surface area contributed by atoms with E-state index in [1.165, 1.54) is 23.1 Å². The quantitative estimate of drug-likeness (QED) is 0.620. The van der Waals surface area contributed by atoms with Crippen LogP contribution in [0.4, 0.5) is 8.78 Å². The van der Waals surface area contributed by atoms with Gasteiger partial charge in [-0.2, -0.15) is 4.98 Å². The van der Waals surface area contributed by atoms with Crippen molar-refractivity contribution in [1.82, 2.24) is 19.6 Å². The standard InChI is InChI=1S/C22H24F2N4O/c1-2-22-9-5-10-27-11-8-14-13-6-3-4-7-15(13)28(17(14)18(22)27)16(12-22)21-25-20(19(23)24)26-29-21/h3-4,6-7,16,18-19H,2,5,8-12H2,1H3/t16?,18?,22-/m0/s1. The number of halogens is 2. The van der Waals surface area contributed by atoms with E-state index in [1.807, 2.05) is 6.07 Å². The molecule has 2 aromatic heterocycles. The van der Waals surface area contributed by atoms with Gasteiger partial charge in [-0.25, -0.2) is 8.78 Å². The maximum Gasteiger partial charge on any atom is 0.300 e. The zero-order valence-corrected chi connectivity index (χ0v) is 16.4. The number of alkyl halides is 2. The molecule has 3 aliphatic rings. The average Bonchev–Trinajstić information content (AvgIpc) is 3.36. The Hall–Kier alpha value is -2.28. The molecule has 1 saturated heterocycles. The number of para-hydroxylation sites is 1. The Morgan fingerprint density at radius 2 is 2.14 bits per heavy atom. The van der Waals surface area contributed by atoms with Gasteiger partial charge in [0.2, 0.25) is 11.7 Å². The third-order valence-corrected chi connectivity index (χ3v) is 7.58. The molecule has 6 rings (SSSR count). The third-order valence-electron chi connectivity index (χ3n) is 7.58. The fourth-order valence-corrected chi connectivity index (χ4v) is 6.37. The molecule has 2 unspecified atom stereocenters. The summed E-state index contributed by atoms with van der Waals surface area (Å²) >= 11 is 0. The monoisotopic (exact) mass is 398 g/mol. The van der Waals surface area contributed by atoms with Crippen molar-refractivity contribution in [3.05, 3.63) is 47.2 Å². The van der Waals surface area contributed by atoms with Gasteiger partial charge in [0, 0.05) is 23.1 Å². The zero-order chi connectivity index (χ0) is 19.8.